The molecule has 16 heavy (non-hydrogen) atoms. The number of aromatic amines is 2. The first-order valence-electron chi connectivity index (χ1n) is 4.41. The van der Waals surface area contributed by atoms with Crippen LogP contribution in [0.25, 0.3) is 0 Å². The van der Waals surface area contributed by atoms with Gasteiger partial charge in [-0.25, -0.2) is 5.10 Å². The summed E-state index contributed by atoms with van der Waals surface area (Å²) in [6, 6.07) is -0.182. The summed E-state index contributed by atoms with van der Waals surface area (Å²) in [5.41, 5.74) is 0.270. The number of hydrogen-bond donors (Lipinski definition) is 3. The molecule has 0 bridgehead atoms. The van der Waals surface area contributed by atoms with Gasteiger partial charge in [-0.3, -0.25) is 4.79 Å². The zero-order valence-electron chi connectivity index (χ0n) is 8.23. The quantitative estimate of drug-likeness (QED) is 0.744. The molecule has 2 aromatic heterocycles. The van der Waals surface area contributed by atoms with Gasteiger partial charge in [-0.1, -0.05) is 5.21 Å². The molecule has 84 valence electrons. The van der Waals surface area contributed by atoms with Crippen LogP contribution in [0.2, 0.25) is 0 Å². The minimum Gasteiger partial charge on any atom is -0.373 e. The third-order valence-electron chi connectivity index (χ3n) is 1.92. The SMILES string of the molecule is CC(Nc1cn[nH]c(=O)c1Br)c1nn[nH]n1. The van der Waals surface area contributed by atoms with Gasteiger partial charge in [-0.05, 0) is 22.9 Å². The van der Waals surface area contributed by atoms with E-state index in [9.17, 15) is 4.79 Å². The van der Waals surface area contributed by atoms with Gasteiger partial charge < -0.3 is 5.32 Å². The second kappa shape index (κ2) is 4.39. The van der Waals surface area contributed by atoms with Crippen molar-refractivity contribution >= 4 is 21.6 Å². The number of aromatic nitrogens is 6. The maximum absolute atomic E-state index is 11.3. The molecule has 1 unspecified atom stereocenters. The van der Waals surface area contributed by atoms with Crippen molar-refractivity contribution in [3.05, 3.63) is 26.8 Å². The number of anilines is 1. The van der Waals surface area contributed by atoms with Crippen molar-refractivity contribution in [2.45, 2.75) is 13.0 Å². The number of nitrogens with one attached hydrogen (secondary N) is 3. The van der Waals surface area contributed by atoms with Crippen molar-refractivity contribution in [3.8, 4) is 0 Å². The van der Waals surface area contributed by atoms with Crippen molar-refractivity contribution in [2.24, 2.45) is 0 Å². The molecule has 0 aliphatic carbocycles. The fraction of sp³-hybridized carbons (Fsp3) is 0.286. The van der Waals surface area contributed by atoms with E-state index < -0.39 is 0 Å². The first-order valence-corrected chi connectivity index (χ1v) is 5.21. The zero-order chi connectivity index (χ0) is 11.5. The van der Waals surface area contributed by atoms with Crippen LogP contribution in [0.3, 0.4) is 0 Å². The summed E-state index contributed by atoms with van der Waals surface area (Å²) in [6.07, 6.45) is 1.50. The molecule has 9 heteroatoms. The molecular weight excluding hydrogens is 278 g/mol. The second-order valence-electron chi connectivity index (χ2n) is 3.06. The molecule has 2 aromatic rings. The van der Waals surface area contributed by atoms with Crippen LogP contribution in [0.15, 0.2) is 15.5 Å². The molecule has 0 aromatic carbocycles. The molecule has 0 saturated carbocycles. The largest absolute Gasteiger partial charge is 0.373 e. The highest BCUT2D eigenvalue weighted by molar-refractivity contribution is 9.10. The van der Waals surface area contributed by atoms with Gasteiger partial charge in [-0.15, -0.1) is 10.2 Å². The first kappa shape index (κ1) is 10.7. The molecule has 0 amide bonds. The third kappa shape index (κ3) is 2.08. The van der Waals surface area contributed by atoms with E-state index in [1.165, 1.54) is 6.20 Å². The summed E-state index contributed by atoms with van der Waals surface area (Å²) in [5.74, 6) is 0.507. The Morgan fingerprint density at radius 3 is 3.06 bits per heavy atom. The Morgan fingerprint density at radius 1 is 1.56 bits per heavy atom. The Balaban J connectivity index is 2.21. The molecule has 1 atom stereocenters. The van der Waals surface area contributed by atoms with Crippen LogP contribution in [-0.4, -0.2) is 30.8 Å². The van der Waals surface area contributed by atoms with E-state index in [0.29, 0.717) is 16.0 Å². The van der Waals surface area contributed by atoms with Crippen molar-refractivity contribution < 1.29 is 0 Å². The van der Waals surface area contributed by atoms with Crippen LogP contribution in [-0.2, 0) is 0 Å². The number of hydrogen-bond acceptors (Lipinski definition) is 6. The van der Waals surface area contributed by atoms with E-state index in [4.69, 9.17) is 0 Å². The third-order valence-corrected chi connectivity index (χ3v) is 2.70. The first-order chi connectivity index (χ1) is 7.68. The van der Waals surface area contributed by atoms with Crippen molar-refractivity contribution in [2.75, 3.05) is 5.32 Å². The maximum Gasteiger partial charge on any atom is 0.280 e. The summed E-state index contributed by atoms with van der Waals surface area (Å²) in [5, 5.41) is 22.5. The number of halogens is 1. The van der Waals surface area contributed by atoms with Crippen molar-refractivity contribution in [1.82, 2.24) is 30.8 Å². The topological polar surface area (TPSA) is 112 Å². The Bertz CT molecular complexity index is 522. The summed E-state index contributed by atoms with van der Waals surface area (Å²) in [4.78, 5) is 11.3. The highest BCUT2D eigenvalue weighted by Gasteiger charge is 2.12. The Morgan fingerprint density at radius 2 is 2.38 bits per heavy atom. The monoisotopic (exact) mass is 285 g/mol. The Labute approximate surface area is 98.0 Å². The standard InChI is InChI=1S/C7H8BrN7O/c1-3(6-11-14-15-12-6)10-4-2-9-13-7(16)5(4)8/h2-3H,1H3,(H2,10,13,16)(H,11,12,14,15). The van der Waals surface area contributed by atoms with E-state index >= 15 is 0 Å². The van der Waals surface area contributed by atoms with E-state index in [2.05, 4.69) is 52.1 Å². The van der Waals surface area contributed by atoms with E-state index in [0.717, 1.165) is 0 Å². The van der Waals surface area contributed by atoms with Crippen LogP contribution in [0, 0.1) is 0 Å². The Kier molecular flexibility index (Phi) is 2.95. The molecule has 0 saturated heterocycles. The molecule has 0 spiro atoms. The molecule has 0 fully saturated rings. The fourth-order valence-electron chi connectivity index (χ4n) is 1.13. The summed E-state index contributed by atoms with van der Waals surface area (Å²) < 4.78 is 0.387. The van der Waals surface area contributed by atoms with Gasteiger partial charge >= 0.3 is 0 Å². The molecule has 0 aliphatic heterocycles. The molecule has 8 nitrogen and oxygen atoms in total. The lowest BCUT2D eigenvalue weighted by molar-refractivity contribution is 0.789. The van der Waals surface area contributed by atoms with Gasteiger partial charge in [0.05, 0.1) is 17.9 Å². The minimum atomic E-state index is -0.301. The average molecular weight is 286 g/mol. The van der Waals surface area contributed by atoms with Crippen LogP contribution in [0.5, 0.6) is 0 Å². The lowest BCUT2D eigenvalue weighted by Gasteiger charge is -2.11. The predicted octanol–water partition coefficient (Wildman–Crippen LogP) is 0.219. The number of nitrogens with zero attached hydrogens (tertiary/aromatic N) is 4. The average Bonchev–Trinajstić information content (AvgIpc) is 2.78. The van der Waals surface area contributed by atoms with E-state index in [-0.39, 0.29) is 11.6 Å². The molecule has 2 rings (SSSR count). The normalized spacial score (nSPS) is 12.4. The minimum absolute atomic E-state index is 0.182. The number of rotatable bonds is 3. The summed E-state index contributed by atoms with van der Waals surface area (Å²) in [7, 11) is 0. The highest BCUT2D eigenvalue weighted by atomic mass is 79.9. The van der Waals surface area contributed by atoms with E-state index in [1.807, 2.05) is 6.92 Å². The van der Waals surface area contributed by atoms with Crippen molar-refractivity contribution in [1.29, 1.82) is 0 Å². The van der Waals surface area contributed by atoms with E-state index in [1.54, 1.807) is 0 Å². The van der Waals surface area contributed by atoms with Gasteiger partial charge in [0, 0.05) is 0 Å². The van der Waals surface area contributed by atoms with Crippen LogP contribution >= 0.6 is 15.9 Å². The summed E-state index contributed by atoms with van der Waals surface area (Å²) >= 11 is 3.16. The van der Waals surface area contributed by atoms with Crippen LogP contribution in [0.4, 0.5) is 5.69 Å². The van der Waals surface area contributed by atoms with Gasteiger partial charge in [0.1, 0.15) is 4.47 Å². The van der Waals surface area contributed by atoms with Gasteiger partial charge in [0.2, 0.25) is 0 Å². The number of tetrazole rings is 1. The maximum atomic E-state index is 11.3. The number of H-pyrrole nitrogens is 2. The highest BCUT2D eigenvalue weighted by Crippen LogP contribution is 2.20. The van der Waals surface area contributed by atoms with Gasteiger partial charge in [0.25, 0.3) is 5.56 Å². The lowest BCUT2D eigenvalue weighted by atomic mass is 10.3. The molecule has 2 heterocycles. The van der Waals surface area contributed by atoms with Crippen molar-refractivity contribution in [3.63, 3.8) is 0 Å². The van der Waals surface area contributed by atoms with Gasteiger partial charge in [-0.2, -0.15) is 10.3 Å². The molecule has 0 radical (unpaired) electrons. The molecule has 0 aliphatic rings. The smallest absolute Gasteiger partial charge is 0.280 e. The Hall–Kier alpha value is -1.77. The van der Waals surface area contributed by atoms with Gasteiger partial charge in [0.15, 0.2) is 5.82 Å². The fourth-order valence-corrected chi connectivity index (χ4v) is 1.44. The molecular formula is C7H8BrN7O. The predicted molar refractivity (Wildman–Crippen MR) is 58.8 cm³/mol. The zero-order valence-corrected chi connectivity index (χ0v) is 9.82. The second-order valence-corrected chi connectivity index (χ2v) is 3.86. The summed E-state index contributed by atoms with van der Waals surface area (Å²) in [6.45, 7) is 1.85. The van der Waals surface area contributed by atoms with Crippen LogP contribution < -0.4 is 10.9 Å². The lowest BCUT2D eigenvalue weighted by Crippen LogP contribution is -2.15. The van der Waals surface area contributed by atoms with Crippen LogP contribution in [0.1, 0.15) is 18.8 Å². The molecule has 3 N–H and O–H groups in total.